The Morgan fingerprint density at radius 2 is 2.00 bits per heavy atom. The number of hydrogen-bond donors (Lipinski definition) is 1. The van der Waals surface area contributed by atoms with Gasteiger partial charge in [0.05, 0.1) is 0 Å². The molecule has 0 spiro atoms. The van der Waals surface area contributed by atoms with Crippen LogP contribution in [0.5, 0.6) is 0 Å². The molecular weight excluding hydrogens is 216 g/mol. The normalized spacial score (nSPS) is 10.3. The number of aromatic amines is 1. The highest BCUT2D eigenvalue weighted by molar-refractivity contribution is 8.01. The van der Waals surface area contributed by atoms with E-state index in [1.54, 1.807) is 0 Å². The lowest BCUT2D eigenvalue weighted by atomic mass is 10.2. The molecule has 0 bridgehead atoms. The SMILES string of the molecule is CC(=O)C(Sc1nccc(=O)[nH]1)C(C)=O. The molecule has 0 amide bonds. The average molecular weight is 226 g/mol. The van der Waals surface area contributed by atoms with Gasteiger partial charge in [-0.25, -0.2) is 4.98 Å². The van der Waals surface area contributed by atoms with E-state index in [4.69, 9.17) is 0 Å². The van der Waals surface area contributed by atoms with E-state index in [2.05, 4.69) is 9.97 Å². The van der Waals surface area contributed by atoms with Gasteiger partial charge in [-0.2, -0.15) is 0 Å². The van der Waals surface area contributed by atoms with Gasteiger partial charge >= 0.3 is 0 Å². The Morgan fingerprint density at radius 1 is 1.40 bits per heavy atom. The Kier molecular flexibility index (Phi) is 3.79. The summed E-state index contributed by atoms with van der Waals surface area (Å²) in [4.78, 5) is 39.4. The molecule has 0 atom stereocenters. The minimum Gasteiger partial charge on any atom is -0.301 e. The number of nitrogens with zero attached hydrogens (tertiary/aromatic N) is 1. The van der Waals surface area contributed by atoms with Gasteiger partial charge in [-0.15, -0.1) is 0 Å². The lowest BCUT2D eigenvalue weighted by molar-refractivity contribution is -0.123. The third kappa shape index (κ3) is 3.32. The Morgan fingerprint density at radius 3 is 2.47 bits per heavy atom. The lowest BCUT2D eigenvalue weighted by Crippen LogP contribution is -2.23. The number of thioether (sulfide) groups is 1. The van der Waals surface area contributed by atoms with Crippen LogP contribution in [0.4, 0.5) is 0 Å². The molecule has 1 heterocycles. The quantitative estimate of drug-likeness (QED) is 0.457. The summed E-state index contributed by atoms with van der Waals surface area (Å²) in [5.74, 6) is -0.502. The summed E-state index contributed by atoms with van der Waals surface area (Å²) in [5.41, 5.74) is -0.307. The van der Waals surface area contributed by atoms with Crippen LogP contribution in [-0.4, -0.2) is 26.8 Å². The lowest BCUT2D eigenvalue weighted by Gasteiger charge is -2.07. The summed E-state index contributed by atoms with van der Waals surface area (Å²) in [6.45, 7) is 2.67. The first-order chi connectivity index (χ1) is 7.00. The number of rotatable bonds is 4. The zero-order valence-corrected chi connectivity index (χ0v) is 9.13. The van der Waals surface area contributed by atoms with Crippen LogP contribution in [0.15, 0.2) is 22.2 Å². The third-order valence-electron chi connectivity index (χ3n) is 1.62. The number of carbonyl (C=O) groups is 2. The summed E-state index contributed by atoms with van der Waals surface area (Å²) in [5, 5.41) is -0.520. The fraction of sp³-hybridized carbons (Fsp3) is 0.333. The number of H-pyrrole nitrogens is 1. The van der Waals surface area contributed by atoms with E-state index < -0.39 is 5.25 Å². The van der Waals surface area contributed by atoms with Crippen molar-refractivity contribution in [2.75, 3.05) is 0 Å². The Hall–Kier alpha value is -1.43. The molecule has 6 heteroatoms. The van der Waals surface area contributed by atoms with Crippen molar-refractivity contribution < 1.29 is 9.59 Å². The van der Waals surface area contributed by atoms with Crippen molar-refractivity contribution in [2.45, 2.75) is 24.3 Å². The number of nitrogens with one attached hydrogen (secondary N) is 1. The first kappa shape index (κ1) is 11.6. The van der Waals surface area contributed by atoms with Gasteiger partial charge in [0, 0.05) is 12.3 Å². The van der Waals surface area contributed by atoms with E-state index in [9.17, 15) is 14.4 Å². The van der Waals surface area contributed by atoms with Gasteiger partial charge in [-0.05, 0) is 13.8 Å². The molecule has 0 fully saturated rings. The number of ketones is 2. The van der Waals surface area contributed by atoms with Crippen LogP contribution in [-0.2, 0) is 9.59 Å². The molecule has 0 unspecified atom stereocenters. The minimum absolute atomic E-state index is 0.251. The van der Waals surface area contributed by atoms with E-state index >= 15 is 0 Å². The van der Waals surface area contributed by atoms with E-state index in [1.807, 2.05) is 0 Å². The van der Waals surface area contributed by atoms with Crippen LogP contribution < -0.4 is 5.56 Å². The second-order valence-corrected chi connectivity index (χ2v) is 4.05. The topological polar surface area (TPSA) is 79.9 Å². The highest BCUT2D eigenvalue weighted by Gasteiger charge is 2.21. The Labute approximate surface area is 90.3 Å². The van der Waals surface area contributed by atoms with Crippen molar-refractivity contribution in [3.8, 4) is 0 Å². The van der Waals surface area contributed by atoms with Crippen LogP contribution >= 0.6 is 11.8 Å². The van der Waals surface area contributed by atoms with E-state index in [-0.39, 0.29) is 22.3 Å². The zero-order valence-electron chi connectivity index (χ0n) is 8.31. The zero-order chi connectivity index (χ0) is 11.4. The standard InChI is InChI=1S/C9H10N2O3S/c1-5(12)8(6(2)13)15-9-10-4-3-7(14)11-9/h3-4,8H,1-2H3,(H,10,11,14). The van der Waals surface area contributed by atoms with Gasteiger partial charge in [0.2, 0.25) is 0 Å². The molecule has 0 saturated carbocycles. The van der Waals surface area contributed by atoms with Crippen LogP contribution in [0.1, 0.15) is 13.8 Å². The van der Waals surface area contributed by atoms with Crippen molar-refractivity contribution in [2.24, 2.45) is 0 Å². The number of carbonyl (C=O) groups excluding carboxylic acids is 2. The molecule has 0 aliphatic carbocycles. The first-order valence-corrected chi connectivity index (χ1v) is 5.11. The monoisotopic (exact) mass is 226 g/mol. The van der Waals surface area contributed by atoms with Gasteiger partial charge in [0.15, 0.2) is 16.7 Å². The van der Waals surface area contributed by atoms with E-state index in [0.29, 0.717) is 0 Å². The van der Waals surface area contributed by atoms with Crippen molar-refractivity contribution in [3.63, 3.8) is 0 Å². The minimum atomic E-state index is -0.796. The maximum atomic E-state index is 11.1. The predicted octanol–water partition coefficient (Wildman–Crippen LogP) is 0.409. The molecule has 0 saturated heterocycles. The van der Waals surface area contributed by atoms with Crippen molar-refractivity contribution >= 4 is 23.3 Å². The fourth-order valence-electron chi connectivity index (χ4n) is 0.976. The van der Waals surface area contributed by atoms with E-state index in [1.165, 1.54) is 26.1 Å². The molecule has 80 valence electrons. The van der Waals surface area contributed by atoms with Crippen LogP contribution in [0, 0.1) is 0 Å². The maximum absolute atomic E-state index is 11.1. The molecule has 1 rings (SSSR count). The second kappa shape index (κ2) is 4.88. The summed E-state index contributed by atoms with van der Waals surface area (Å²) >= 11 is 0.953. The largest absolute Gasteiger partial charge is 0.301 e. The molecule has 15 heavy (non-hydrogen) atoms. The molecule has 0 aliphatic rings. The van der Waals surface area contributed by atoms with Gasteiger partial charge in [0.25, 0.3) is 5.56 Å². The van der Waals surface area contributed by atoms with Crippen molar-refractivity contribution in [1.82, 2.24) is 9.97 Å². The summed E-state index contributed by atoms with van der Waals surface area (Å²) in [6.07, 6.45) is 1.33. The van der Waals surface area contributed by atoms with Crippen molar-refractivity contribution in [3.05, 3.63) is 22.6 Å². The number of hydrogen-bond acceptors (Lipinski definition) is 5. The summed E-state index contributed by atoms with van der Waals surface area (Å²) < 4.78 is 0. The van der Waals surface area contributed by atoms with Crippen LogP contribution in [0.25, 0.3) is 0 Å². The number of Topliss-reactive ketones (excluding diaryl/α,β-unsaturated/α-hetero) is 2. The van der Waals surface area contributed by atoms with Gasteiger partial charge in [0.1, 0.15) is 5.25 Å². The average Bonchev–Trinajstić information content (AvgIpc) is 2.13. The molecular formula is C9H10N2O3S. The Bertz CT molecular complexity index is 427. The third-order valence-corrected chi connectivity index (χ3v) is 2.95. The first-order valence-electron chi connectivity index (χ1n) is 4.23. The van der Waals surface area contributed by atoms with Gasteiger partial charge in [-0.1, -0.05) is 11.8 Å². The molecule has 1 aromatic rings. The highest BCUT2D eigenvalue weighted by Crippen LogP contribution is 2.19. The molecule has 0 radical (unpaired) electrons. The molecule has 5 nitrogen and oxygen atoms in total. The maximum Gasteiger partial charge on any atom is 0.251 e. The van der Waals surface area contributed by atoms with Gasteiger partial charge < -0.3 is 4.98 Å². The summed E-state index contributed by atoms with van der Waals surface area (Å²) in [7, 11) is 0. The molecule has 1 N–H and O–H groups in total. The van der Waals surface area contributed by atoms with Crippen LogP contribution in [0.3, 0.4) is 0 Å². The van der Waals surface area contributed by atoms with Crippen LogP contribution in [0.2, 0.25) is 0 Å². The number of aromatic nitrogens is 2. The van der Waals surface area contributed by atoms with E-state index in [0.717, 1.165) is 11.8 Å². The molecule has 0 aliphatic heterocycles. The predicted molar refractivity (Wildman–Crippen MR) is 55.9 cm³/mol. The smallest absolute Gasteiger partial charge is 0.251 e. The fourth-order valence-corrected chi connectivity index (χ4v) is 1.81. The molecule has 1 aromatic heterocycles. The highest BCUT2D eigenvalue weighted by atomic mass is 32.2. The molecule has 0 aromatic carbocycles. The Balaban J connectivity index is 2.88. The second-order valence-electron chi connectivity index (χ2n) is 2.96. The summed E-state index contributed by atoms with van der Waals surface area (Å²) in [6, 6.07) is 1.26. The van der Waals surface area contributed by atoms with Gasteiger partial charge in [-0.3, -0.25) is 14.4 Å². The van der Waals surface area contributed by atoms with Crippen molar-refractivity contribution in [1.29, 1.82) is 0 Å².